The highest BCUT2D eigenvalue weighted by molar-refractivity contribution is 5.87. The molecule has 6 fully saturated rings. The van der Waals surface area contributed by atoms with Crippen molar-refractivity contribution in [3.05, 3.63) is 0 Å². The molecule has 19 heavy (non-hydrogen) atoms. The Bertz CT molecular complexity index is 462. The van der Waals surface area contributed by atoms with E-state index in [1.54, 1.807) is 0 Å². The van der Waals surface area contributed by atoms with Gasteiger partial charge in [-0.2, -0.15) is 0 Å². The number of rotatable bonds is 1. The highest BCUT2D eigenvalue weighted by atomic mass is 16.1. The largest absolute Gasteiger partial charge is 0.299 e. The summed E-state index contributed by atoms with van der Waals surface area (Å²) in [4.78, 5) is 24.4. The summed E-state index contributed by atoms with van der Waals surface area (Å²) in [6.07, 6.45) is 9.31. The Morgan fingerprint density at radius 3 is 2.21 bits per heavy atom. The summed E-state index contributed by atoms with van der Waals surface area (Å²) in [5, 5.41) is 0. The van der Waals surface area contributed by atoms with Gasteiger partial charge < -0.3 is 0 Å². The Balaban J connectivity index is 1.52. The maximum absolute atomic E-state index is 12.3. The summed E-state index contributed by atoms with van der Waals surface area (Å²) in [6, 6.07) is 0. The predicted octanol–water partition coefficient (Wildman–Crippen LogP) is 3.00. The lowest BCUT2D eigenvalue weighted by Crippen LogP contribution is -2.55. The molecule has 2 heteroatoms. The average molecular weight is 258 g/mol. The molecular formula is C17H22O2. The third-order valence-corrected chi connectivity index (χ3v) is 7.39. The molecule has 0 spiro atoms. The minimum atomic E-state index is 0.375. The Hall–Kier alpha value is -0.660. The number of fused-ring (bicyclic) bond motifs is 2. The molecule has 6 bridgehead atoms. The Morgan fingerprint density at radius 1 is 0.842 bits per heavy atom. The van der Waals surface area contributed by atoms with Crippen LogP contribution in [0.4, 0.5) is 0 Å². The number of carbonyl (C=O) groups is 2. The molecule has 0 radical (unpaired) electrons. The number of hydrogen-bond donors (Lipinski definition) is 0. The fourth-order valence-corrected chi connectivity index (χ4v) is 7.04. The summed E-state index contributed by atoms with van der Waals surface area (Å²) >= 11 is 0. The van der Waals surface area contributed by atoms with Crippen LogP contribution in [0.2, 0.25) is 0 Å². The van der Waals surface area contributed by atoms with Gasteiger partial charge in [0.2, 0.25) is 0 Å². The van der Waals surface area contributed by atoms with Crippen LogP contribution in [0.15, 0.2) is 0 Å². The molecule has 6 rings (SSSR count). The zero-order chi connectivity index (χ0) is 12.8. The molecule has 0 N–H and O–H groups in total. The van der Waals surface area contributed by atoms with Gasteiger partial charge in [0.25, 0.3) is 0 Å². The first-order valence-corrected chi connectivity index (χ1v) is 8.21. The first kappa shape index (κ1) is 11.0. The molecule has 5 atom stereocenters. The van der Waals surface area contributed by atoms with Crippen molar-refractivity contribution in [2.45, 2.75) is 51.4 Å². The second-order valence-corrected chi connectivity index (χ2v) is 8.33. The molecule has 0 aromatic carbocycles. The van der Waals surface area contributed by atoms with E-state index in [0.717, 1.165) is 25.2 Å². The van der Waals surface area contributed by atoms with Gasteiger partial charge in [-0.15, -0.1) is 0 Å². The summed E-state index contributed by atoms with van der Waals surface area (Å²) in [7, 11) is 0. The molecule has 0 aromatic rings. The number of Topliss-reactive ketones (excluding diaryl/α,β-unsaturated/α-hetero) is 2. The average Bonchev–Trinajstić information content (AvgIpc) is 2.94. The predicted molar refractivity (Wildman–Crippen MR) is 70.3 cm³/mol. The minimum Gasteiger partial charge on any atom is -0.299 e. The molecule has 6 aliphatic carbocycles. The van der Waals surface area contributed by atoms with Crippen molar-refractivity contribution in [3.8, 4) is 0 Å². The summed E-state index contributed by atoms with van der Waals surface area (Å²) in [5.74, 6) is 4.44. The van der Waals surface area contributed by atoms with Gasteiger partial charge in [0.15, 0.2) is 0 Å². The lowest BCUT2D eigenvalue weighted by Gasteiger charge is -2.59. The molecule has 102 valence electrons. The first-order chi connectivity index (χ1) is 9.14. The Kier molecular flexibility index (Phi) is 1.93. The highest BCUT2D eigenvalue weighted by Gasteiger charge is 2.62. The Labute approximate surface area is 114 Å². The minimum absolute atomic E-state index is 0.375. The van der Waals surface area contributed by atoms with E-state index < -0.39 is 0 Å². The number of carbonyl (C=O) groups excluding carboxylic acids is 2. The van der Waals surface area contributed by atoms with Crippen molar-refractivity contribution in [1.29, 1.82) is 0 Å². The molecule has 6 aliphatic rings. The van der Waals surface area contributed by atoms with Crippen LogP contribution in [0.3, 0.4) is 0 Å². The van der Waals surface area contributed by atoms with Crippen molar-refractivity contribution < 1.29 is 9.59 Å². The van der Waals surface area contributed by atoms with Crippen LogP contribution in [0.25, 0.3) is 0 Å². The van der Waals surface area contributed by atoms with E-state index in [-0.39, 0.29) is 0 Å². The molecule has 6 saturated carbocycles. The Morgan fingerprint density at radius 2 is 1.58 bits per heavy atom. The van der Waals surface area contributed by atoms with Crippen LogP contribution in [0.5, 0.6) is 0 Å². The van der Waals surface area contributed by atoms with Crippen LogP contribution in [-0.4, -0.2) is 11.6 Å². The lowest BCUT2D eigenvalue weighted by atomic mass is 9.44. The quantitative estimate of drug-likeness (QED) is 0.724. The molecule has 0 saturated heterocycles. The maximum Gasteiger partial charge on any atom is 0.139 e. The van der Waals surface area contributed by atoms with Gasteiger partial charge >= 0.3 is 0 Å². The van der Waals surface area contributed by atoms with E-state index in [2.05, 4.69) is 0 Å². The fraction of sp³-hybridized carbons (Fsp3) is 0.882. The van der Waals surface area contributed by atoms with E-state index in [0.29, 0.717) is 46.6 Å². The van der Waals surface area contributed by atoms with Gasteiger partial charge in [-0.1, -0.05) is 0 Å². The first-order valence-electron chi connectivity index (χ1n) is 8.21. The van der Waals surface area contributed by atoms with E-state index in [9.17, 15) is 9.59 Å². The van der Waals surface area contributed by atoms with E-state index in [1.165, 1.54) is 32.1 Å². The summed E-state index contributed by atoms with van der Waals surface area (Å²) in [5.41, 5.74) is 0.403. The van der Waals surface area contributed by atoms with Crippen LogP contribution >= 0.6 is 0 Å². The summed E-state index contributed by atoms with van der Waals surface area (Å²) in [6.45, 7) is 0. The van der Waals surface area contributed by atoms with Gasteiger partial charge in [0.1, 0.15) is 11.6 Å². The van der Waals surface area contributed by atoms with Gasteiger partial charge in [0, 0.05) is 24.2 Å². The standard InChI is InChI=1S/C17H22O2/c18-15-5-9-3-13(15)14(4-9)17-6-10-1-11(7-17)16(19)12(2-10)8-17/h9-14H,1-8H2. The van der Waals surface area contributed by atoms with Crippen LogP contribution in [0, 0.1) is 40.9 Å². The van der Waals surface area contributed by atoms with Crippen LogP contribution in [-0.2, 0) is 9.59 Å². The van der Waals surface area contributed by atoms with Crippen LogP contribution in [0.1, 0.15) is 51.4 Å². The third kappa shape index (κ3) is 1.29. The zero-order valence-electron chi connectivity index (χ0n) is 11.4. The van der Waals surface area contributed by atoms with E-state index in [4.69, 9.17) is 0 Å². The highest BCUT2D eigenvalue weighted by Crippen LogP contribution is 2.66. The molecule has 2 nitrogen and oxygen atoms in total. The fourth-order valence-electron chi connectivity index (χ4n) is 7.04. The van der Waals surface area contributed by atoms with Crippen molar-refractivity contribution in [2.24, 2.45) is 40.9 Å². The maximum atomic E-state index is 12.3. The monoisotopic (exact) mass is 258 g/mol. The van der Waals surface area contributed by atoms with Gasteiger partial charge in [-0.3, -0.25) is 9.59 Å². The smallest absolute Gasteiger partial charge is 0.139 e. The van der Waals surface area contributed by atoms with E-state index >= 15 is 0 Å². The summed E-state index contributed by atoms with van der Waals surface area (Å²) < 4.78 is 0. The number of hydrogen-bond acceptors (Lipinski definition) is 2. The molecule has 0 aromatic heterocycles. The zero-order valence-corrected chi connectivity index (χ0v) is 11.4. The second-order valence-electron chi connectivity index (χ2n) is 8.33. The molecule has 0 heterocycles. The second kappa shape index (κ2) is 3.32. The SMILES string of the molecule is O=C1C2CC3CC1CC(C1CC4CC(=O)C1C4)(C3)C2. The van der Waals surface area contributed by atoms with Crippen molar-refractivity contribution >= 4 is 11.6 Å². The number of ketones is 2. The van der Waals surface area contributed by atoms with Crippen molar-refractivity contribution in [1.82, 2.24) is 0 Å². The van der Waals surface area contributed by atoms with Crippen molar-refractivity contribution in [2.75, 3.05) is 0 Å². The normalized spacial score (nSPS) is 58.3. The third-order valence-electron chi connectivity index (χ3n) is 7.39. The van der Waals surface area contributed by atoms with Crippen LogP contribution < -0.4 is 0 Å². The van der Waals surface area contributed by atoms with Gasteiger partial charge in [-0.05, 0) is 68.1 Å². The lowest BCUT2D eigenvalue weighted by molar-refractivity contribution is -0.156. The van der Waals surface area contributed by atoms with Gasteiger partial charge in [0.05, 0.1) is 0 Å². The topological polar surface area (TPSA) is 34.1 Å². The molecule has 0 aliphatic heterocycles. The van der Waals surface area contributed by atoms with E-state index in [1.807, 2.05) is 0 Å². The molecule has 5 unspecified atom stereocenters. The molecular weight excluding hydrogens is 236 g/mol. The molecule has 0 amide bonds. The van der Waals surface area contributed by atoms with Gasteiger partial charge in [-0.25, -0.2) is 0 Å². The van der Waals surface area contributed by atoms with Crippen molar-refractivity contribution in [3.63, 3.8) is 0 Å².